The first kappa shape index (κ1) is 14.5. The molecule has 0 fully saturated rings. The fourth-order valence-electron chi connectivity index (χ4n) is 1.76. The zero-order valence-electron chi connectivity index (χ0n) is 11.0. The molecule has 96 valence electrons. The number of aryl methyl sites for hydroxylation is 1. The largest absolute Gasteiger partial charge is 0.311 e. The fraction of sp³-hybridized carbons (Fsp3) is 0.643. The van der Waals surface area contributed by atoms with Crippen LogP contribution in [-0.2, 0) is 6.54 Å². The molecule has 1 heterocycles. The Labute approximate surface area is 110 Å². The lowest BCUT2D eigenvalue weighted by atomic mass is 10.2. The normalized spacial score (nSPS) is 10.7. The highest BCUT2D eigenvalue weighted by Gasteiger charge is 1.97. The molecular formula is C14H24N2S. The van der Waals surface area contributed by atoms with Crippen molar-refractivity contribution in [1.82, 2.24) is 10.3 Å². The number of nitrogens with one attached hydrogen (secondary N) is 1. The lowest BCUT2D eigenvalue weighted by Gasteiger charge is -2.06. The number of hydrogen-bond donors (Lipinski definition) is 1. The Hall–Kier alpha value is -0.540. The van der Waals surface area contributed by atoms with Gasteiger partial charge in [0, 0.05) is 12.7 Å². The zero-order chi connectivity index (χ0) is 12.3. The zero-order valence-corrected chi connectivity index (χ0v) is 11.9. The number of nitrogens with zero attached hydrogens (tertiary/aromatic N) is 1. The highest BCUT2D eigenvalue weighted by Crippen LogP contribution is 2.05. The highest BCUT2D eigenvalue weighted by molar-refractivity contribution is 7.98. The second-order valence-electron chi connectivity index (χ2n) is 4.35. The molecule has 0 bridgehead atoms. The molecule has 3 heteroatoms. The molecule has 1 aromatic heterocycles. The minimum Gasteiger partial charge on any atom is -0.311 e. The van der Waals surface area contributed by atoms with Crippen LogP contribution in [0.3, 0.4) is 0 Å². The molecule has 0 unspecified atom stereocenters. The van der Waals surface area contributed by atoms with E-state index in [1.165, 1.54) is 42.7 Å². The van der Waals surface area contributed by atoms with Crippen LogP contribution in [0, 0.1) is 6.92 Å². The monoisotopic (exact) mass is 252 g/mol. The molecule has 1 aromatic rings. The number of unbranched alkanes of at least 4 members (excludes halogenated alkanes) is 3. The van der Waals surface area contributed by atoms with Gasteiger partial charge in [-0.05, 0) is 49.9 Å². The quantitative estimate of drug-likeness (QED) is 0.682. The van der Waals surface area contributed by atoms with Crippen LogP contribution in [0.5, 0.6) is 0 Å². The standard InChI is InChI=1S/C14H24N2S/c1-13-8-7-10-16-14(13)12-15-9-5-3-4-6-11-17-2/h7-8,10,15H,3-6,9,11-12H2,1-2H3. The lowest BCUT2D eigenvalue weighted by Crippen LogP contribution is -2.16. The molecule has 0 spiro atoms. The van der Waals surface area contributed by atoms with Gasteiger partial charge in [-0.25, -0.2) is 0 Å². The Morgan fingerprint density at radius 1 is 1.24 bits per heavy atom. The highest BCUT2D eigenvalue weighted by atomic mass is 32.2. The molecule has 1 rings (SSSR count). The fourth-order valence-corrected chi connectivity index (χ4v) is 2.25. The molecule has 0 amide bonds. The van der Waals surface area contributed by atoms with Gasteiger partial charge in [-0.15, -0.1) is 0 Å². The summed E-state index contributed by atoms with van der Waals surface area (Å²) in [7, 11) is 0. The SMILES string of the molecule is CSCCCCCCNCc1ncccc1C. The van der Waals surface area contributed by atoms with E-state index < -0.39 is 0 Å². The van der Waals surface area contributed by atoms with Gasteiger partial charge in [0.15, 0.2) is 0 Å². The Kier molecular flexibility index (Phi) is 8.10. The lowest BCUT2D eigenvalue weighted by molar-refractivity contribution is 0.594. The molecule has 0 aliphatic rings. The molecule has 0 saturated carbocycles. The summed E-state index contributed by atoms with van der Waals surface area (Å²) in [6, 6.07) is 4.11. The third-order valence-corrected chi connectivity index (χ3v) is 3.56. The molecular weight excluding hydrogens is 228 g/mol. The Morgan fingerprint density at radius 3 is 2.82 bits per heavy atom. The van der Waals surface area contributed by atoms with Crippen LogP contribution in [0.2, 0.25) is 0 Å². The van der Waals surface area contributed by atoms with E-state index in [4.69, 9.17) is 0 Å². The van der Waals surface area contributed by atoms with E-state index >= 15 is 0 Å². The van der Waals surface area contributed by atoms with Crippen LogP contribution in [0.15, 0.2) is 18.3 Å². The van der Waals surface area contributed by atoms with Gasteiger partial charge < -0.3 is 5.32 Å². The van der Waals surface area contributed by atoms with Crippen molar-refractivity contribution in [2.45, 2.75) is 39.2 Å². The van der Waals surface area contributed by atoms with Crippen molar-refractivity contribution in [2.75, 3.05) is 18.6 Å². The molecule has 17 heavy (non-hydrogen) atoms. The summed E-state index contributed by atoms with van der Waals surface area (Å²) in [6.45, 7) is 4.12. The summed E-state index contributed by atoms with van der Waals surface area (Å²) in [5.41, 5.74) is 2.45. The minimum absolute atomic E-state index is 0.900. The number of hydrogen-bond acceptors (Lipinski definition) is 3. The maximum atomic E-state index is 4.37. The maximum Gasteiger partial charge on any atom is 0.0570 e. The Morgan fingerprint density at radius 2 is 2.06 bits per heavy atom. The number of thioether (sulfide) groups is 1. The summed E-state index contributed by atoms with van der Waals surface area (Å²) in [6.07, 6.45) is 9.39. The molecule has 0 aliphatic carbocycles. The van der Waals surface area contributed by atoms with Gasteiger partial charge in [-0.2, -0.15) is 11.8 Å². The summed E-state index contributed by atoms with van der Waals surface area (Å²) in [4.78, 5) is 4.37. The Balaban J connectivity index is 1.99. The van der Waals surface area contributed by atoms with E-state index in [-0.39, 0.29) is 0 Å². The van der Waals surface area contributed by atoms with Gasteiger partial charge in [0.25, 0.3) is 0 Å². The molecule has 0 radical (unpaired) electrons. The van der Waals surface area contributed by atoms with Crippen LogP contribution in [0.1, 0.15) is 36.9 Å². The van der Waals surface area contributed by atoms with E-state index in [1.807, 2.05) is 24.0 Å². The summed E-state index contributed by atoms with van der Waals surface area (Å²) in [5.74, 6) is 1.31. The first-order valence-electron chi connectivity index (χ1n) is 6.44. The van der Waals surface area contributed by atoms with Crippen molar-refractivity contribution in [3.05, 3.63) is 29.6 Å². The molecule has 0 saturated heterocycles. The van der Waals surface area contributed by atoms with Gasteiger partial charge in [-0.1, -0.05) is 18.9 Å². The van der Waals surface area contributed by atoms with Gasteiger partial charge in [0.05, 0.1) is 5.69 Å². The molecule has 0 aliphatic heterocycles. The van der Waals surface area contributed by atoms with Crippen molar-refractivity contribution in [1.29, 1.82) is 0 Å². The van der Waals surface area contributed by atoms with Crippen molar-refractivity contribution in [3.8, 4) is 0 Å². The van der Waals surface area contributed by atoms with Crippen LogP contribution < -0.4 is 5.32 Å². The van der Waals surface area contributed by atoms with E-state index in [0.717, 1.165) is 13.1 Å². The topological polar surface area (TPSA) is 24.9 Å². The summed E-state index contributed by atoms with van der Waals surface area (Å²) < 4.78 is 0. The molecule has 1 N–H and O–H groups in total. The average Bonchev–Trinajstić information content (AvgIpc) is 2.35. The predicted molar refractivity (Wildman–Crippen MR) is 77.5 cm³/mol. The number of aromatic nitrogens is 1. The van der Waals surface area contributed by atoms with Gasteiger partial charge in [-0.3, -0.25) is 4.98 Å². The molecule has 0 atom stereocenters. The van der Waals surface area contributed by atoms with E-state index in [1.54, 1.807) is 0 Å². The van der Waals surface area contributed by atoms with Crippen LogP contribution in [0.25, 0.3) is 0 Å². The van der Waals surface area contributed by atoms with Crippen molar-refractivity contribution in [3.63, 3.8) is 0 Å². The van der Waals surface area contributed by atoms with E-state index in [0.29, 0.717) is 0 Å². The second kappa shape index (κ2) is 9.49. The van der Waals surface area contributed by atoms with Gasteiger partial charge >= 0.3 is 0 Å². The third-order valence-electron chi connectivity index (χ3n) is 2.86. The Bertz CT molecular complexity index is 302. The third kappa shape index (κ3) is 6.69. The summed E-state index contributed by atoms with van der Waals surface area (Å²) in [5, 5.41) is 3.47. The summed E-state index contributed by atoms with van der Waals surface area (Å²) >= 11 is 1.94. The van der Waals surface area contributed by atoms with Crippen molar-refractivity contribution >= 4 is 11.8 Å². The molecule has 0 aromatic carbocycles. The predicted octanol–water partition coefficient (Wildman–Crippen LogP) is 3.40. The van der Waals surface area contributed by atoms with Gasteiger partial charge in [0.1, 0.15) is 0 Å². The van der Waals surface area contributed by atoms with Gasteiger partial charge in [0.2, 0.25) is 0 Å². The van der Waals surface area contributed by atoms with E-state index in [9.17, 15) is 0 Å². The number of pyridine rings is 1. The number of rotatable bonds is 9. The van der Waals surface area contributed by atoms with Crippen LogP contribution in [-0.4, -0.2) is 23.5 Å². The molecule has 2 nitrogen and oxygen atoms in total. The van der Waals surface area contributed by atoms with E-state index in [2.05, 4.69) is 29.5 Å². The first-order chi connectivity index (χ1) is 8.34. The van der Waals surface area contributed by atoms with Crippen LogP contribution in [0.4, 0.5) is 0 Å². The minimum atomic E-state index is 0.900. The maximum absolute atomic E-state index is 4.37. The van der Waals surface area contributed by atoms with Crippen molar-refractivity contribution < 1.29 is 0 Å². The smallest absolute Gasteiger partial charge is 0.0570 e. The first-order valence-corrected chi connectivity index (χ1v) is 7.84. The second-order valence-corrected chi connectivity index (χ2v) is 5.34. The van der Waals surface area contributed by atoms with Crippen LogP contribution >= 0.6 is 11.8 Å². The average molecular weight is 252 g/mol. The van der Waals surface area contributed by atoms with Crippen molar-refractivity contribution in [2.24, 2.45) is 0 Å².